The van der Waals surface area contributed by atoms with Crippen LogP contribution in [0.15, 0.2) is 97.1 Å². The molecular formula is C26H16O5-2. The molecule has 0 unspecified atom stereocenters. The summed E-state index contributed by atoms with van der Waals surface area (Å²) in [6.07, 6.45) is 0. The minimum absolute atomic E-state index is 0.0517. The largest absolute Gasteiger partial charge is 0.545 e. The van der Waals surface area contributed by atoms with Crippen LogP contribution in [0.5, 0.6) is 11.5 Å². The maximum atomic E-state index is 11.6. The Morgan fingerprint density at radius 1 is 0.548 bits per heavy atom. The van der Waals surface area contributed by atoms with Gasteiger partial charge in [-0.1, -0.05) is 60.7 Å². The van der Waals surface area contributed by atoms with E-state index in [1.807, 2.05) is 36.4 Å². The fraction of sp³-hybridized carbons (Fsp3) is 0. The Morgan fingerprint density at radius 2 is 0.935 bits per heavy atom. The van der Waals surface area contributed by atoms with Crippen molar-refractivity contribution in [3.63, 3.8) is 0 Å². The summed E-state index contributed by atoms with van der Waals surface area (Å²) < 4.78 is 5.95. The van der Waals surface area contributed by atoms with E-state index in [0.29, 0.717) is 33.8 Å². The molecule has 5 nitrogen and oxygen atoms in total. The first-order valence-corrected chi connectivity index (χ1v) is 9.52. The summed E-state index contributed by atoms with van der Waals surface area (Å²) in [5, 5.41) is 23.1. The second kappa shape index (κ2) is 8.55. The molecule has 4 aromatic rings. The van der Waals surface area contributed by atoms with Crippen molar-refractivity contribution in [3.8, 4) is 33.8 Å². The van der Waals surface area contributed by atoms with E-state index in [1.54, 1.807) is 36.4 Å². The highest BCUT2D eigenvalue weighted by Crippen LogP contribution is 2.33. The molecule has 0 bridgehead atoms. The first-order chi connectivity index (χ1) is 15.0. The van der Waals surface area contributed by atoms with Crippen molar-refractivity contribution in [3.05, 3.63) is 108 Å². The molecule has 0 heterocycles. The third-order valence-electron chi connectivity index (χ3n) is 4.83. The third-order valence-corrected chi connectivity index (χ3v) is 4.83. The Labute approximate surface area is 178 Å². The molecule has 0 saturated heterocycles. The Bertz CT molecular complexity index is 1150. The molecule has 5 heteroatoms. The first-order valence-electron chi connectivity index (χ1n) is 9.52. The van der Waals surface area contributed by atoms with E-state index >= 15 is 0 Å². The van der Waals surface area contributed by atoms with Crippen molar-refractivity contribution < 1.29 is 24.5 Å². The van der Waals surface area contributed by atoms with Crippen LogP contribution >= 0.6 is 0 Å². The maximum absolute atomic E-state index is 11.6. The predicted octanol–water partition coefficient (Wildman–Crippen LogP) is 3.54. The topological polar surface area (TPSA) is 89.5 Å². The van der Waals surface area contributed by atoms with Crippen LogP contribution < -0.4 is 14.9 Å². The highest BCUT2D eigenvalue weighted by atomic mass is 16.5. The van der Waals surface area contributed by atoms with Crippen molar-refractivity contribution in [1.82, 2.24) is 0 Å². The maximum Gasteiger partial charge on any atom is 0.128 e. The molecule has 4 rings (SSSR count). The van der Waals surface area contributed by atoms with Crippen LogP contribution in [-0.4, -0.2) is 11.9 Å². The van der Waals surface area contributed by atoms with Gasteiger partial charge in [-0.05, 0) is 58.7 Å². The average molecular weight is 408 g/mol. The van der Waals surface area contributed by atoms with Crippen molar-refractivity contribution in [2.75, 3.05) is 0 Å². The molecule has 0 radical (unpaired) electrons. The molecule has 0 aliphatic carbocycles. The molecule has 0 atom stereocenters. The number of carboxylic acid groups (broad SMARTS) is 2. The van der Waals surface area contributed by atoms with Crippen LogP contribution in [-0.2, 0) is 0 Å². The smallest absolute Gasteiger partial charge is 0.128 e. The second-order valence-corrected chi connectivity index (χ2v) is 6.82. The average Bonchev–Trinajstić information content (AvgIpc) is 2.80. The standard InChI is InChI=1S/C26H18O5/c27-25(28)21-13-11-19(15-23(21)17-7-3-1-4-8-17)31-20-12-14-22(26(29)30)24(16-20)18-9-5-2-6-10-18/h1-16H,(H,27,28)(H,29,30)/p-2. The van der Waals surface area contributed by atoms with E-state index < -0.39 is 11.9 Å². The minimum atomic E-state index is -1.28. The summed E-state index contributed by atoms with van der Waals surface area (Å²) in [6, 6.07) is 27.3. The highest BCUT2D eigenvalue weighted by molar-refractivity contribution is 5.96. The SMILES string of the molecule is O=C([O-])c1ccc(Oc2ccc(C(=O)[O-])c(-c3ccccc3)c2)cc1-c1ccccc1. The molecule has 0 aliphatic rings. The minimum Gasteiger partial charge on any atom is -0.545 e. The van der Waals surface area contributed by atoms with Gasteiger partial charge in [-0.3, -0.25) is 0 Å². The number of carboxylic acids is 2. The molecule has 31 heavy (non-hydrogen) atoms. The number of carbonyl (C=O) groups is 2. The molecule has 0 saturated carbocycles. The lowest BCUT2D eigenvalue weighted by molar-refractivity contribution is -0.256. The van der Waals surface area contributed by atoms with Crippen LogP contribution in [0.1, 0.15) is 20.7 Å². The summed E-state index contributed by atoms with van der Waals surface area (Å²) in [6.45, 7) is 0. The Balaban J connectivity index is 1.74. The summed E-state index contributed by atoms with van der Waals surface area (Å²) in [7, 11) is 0. The van der Waals surface area contributed by atoms with Gasteiger partial charge in [-0.2, -0.15) is 0 Å². The summed E-state index contributed by atoms with van der Waals surface area (Å²) in [4.78, 5) is 23.1. The van der Waals surface area contributed by atoms with Gasteiger partial charge in [-0.25, -0.2) is 0 Å². The van der Waals surface area contributed by atoms with E-state index in [4.69, 9.17) is 4.74 Å². The predicted molar refractivity (Wildman–Crippen MR) is 112 cm³/mol. The number of hydrogen-bond acceptors (Lipinski definition) is 5. The summed E-state index contributed by atoms with van der Waals surface area (Å²) >= 11 is 0. The van der Waals surface area contributed by atoms with E-state index in [1.165, 1.54) is 24.3 Å². The molecule has 0 aliphatic heterocycles. The number of carbonyl (C=O) groups excluding carboxylic acids is 2. The van der Waals surface area contributed by atoms with Gasteiger partial charge in [0, 0.05) is 11.1 Å². The molecule has 0 amide bonds. The van der Waals surface area contributed by atoms with E-state index in [9.17, 15) is 19.8 Å². The lowest BCUT2D eigenvalue weighted by atomic mass is 9.99. The fourth-order valence-electron chi connectivity index (χ4n) is 3.38. The zero-order valence-corrected chi connectivity index (χ0v) is 16.3. The zero-order chi connectivity index (χ0) is 21.8. The summed E-state index contributed by atoms with van der Waals surface area (Å²) in [5.74, 6) is -1.75. The second-order valence-electron chi connectivity index (χ2n) is 6.82. The van der Waals surface area contributed by atoms with E-state index in [0.717, 1.165) is 0 Å². The van der Waals surface area contributed by atoms with Crippen LogP contribution in [0.2, 0.25) is 0 Å². The molecule has 0 fully saturated rings. The number of benzene rings is 4. The quantitative estimate of drug-likeness (QED) is 0.487. The van der Waals surface area contributed by atoms with Gasteiger partial charge in [0.2, 0.25) is 0 Å². The normalized spacial score (nSPS) is 10.5. The van der Waals surface area contributed by atoms with Crippen LogP contribution in [0.25, 0.3) is 22.3 Å². The molecule has 4 aromatic carbocycles. The number of ether oxygens (including phenoxy) is 1. The molecule has 0 aromatic heterocycles. The zero-order valence-electron chi connectivity index (χ0n) is 16.3. The van der Waals surface area contributed by atoms with Crippen LogP contribution in [0.3, 0.4) is 0 Å². The molecule has 0 N–H and O–H groups in total. The van der Waals surface area contributed by atoms with Gasteiger partial charge in [0.1, 0.15) is 11.5 Å². The lowest BCUT2D eigenvalue weighted by Crippen LogP contribution is -2.23. The van der Waals surface area contributed by atoms with Gasteiger partial charge < -0.3 is 24.5 Å². The summed E-state index contributed by atoms with van der Waals surface area (Å²) in [5.41, 5.74) is 2.46. The molecular weight excluding hydrogens is 392 g/mol. The van der Waals surface area contributed by atoms with Crippen molar-refractivity contribution in [1.29, 1.82) is 0 Å². The third kappa shape index (κ3) is 4.31. The van der Waals surface area contributed by atoms with Crippen LogP contribution in [0.4, 0.5) is 0 Å². The van der Waals surface area contributed by atoms with Crippen molar-refractivity contribution in [2.24, 2.45) is 0 Å². The molecule has 152 valence electrons. The highest BCUT2D eigenvalue weighted by Gasteiger charge is 2.11. The van der Waals surface area contributed by atoms with Gasteiger partial charge in [0.05, 0.1) is 11.9 Å². The monoisotopic (exact) mass is 408 g/mol. The number of aromatic carboxylic acids is 2. The van der Waals surface area contributed by atoms with Crippen molar-refractivity contribution >= 4 is 11.9 Å². The van der Waals surface area contributed by atoms with E-state index in [-0.39, 0.29) is 11.1 Å². The van der Waals surface area contributed by atoms with Gasteiger partial charge in [-0.15, -0.1) is 0 Å². The number of hydrogen-bond donors (Lipinski definition) is 0. The van der Waals surface area contributed by atoms with Gasteiger partial charge >= 0.3 is 0 Å². The fourth-order valence-corrected chi connectivity index (χ4v) is 3.38. The van der Waals surface area contributed by atoms with Gasteiger partial charge in [0.25, 0.3) is 0 Å². The van der Waals surface area contributed by atoms with Crippen LogP contribution in [0, 0.1) is 0 Å². The van der Waals surface area contributed by atoms with Gasteiger partial charge in [0.15, 0.2) is 0 Å². The molecule has 0 spiro atoms. The lowest BCUT2D eigenvalue weighted by Gasteiger charge is -2.16. The first kappa shape index (κ1) is 19.9. The Morgan fingerprint density at radius 3 is 1.29 bits per heavy atom. The van der Waals surface area contributed by atoms with E-state index in [2.05, 4.69) is 0 Å². The Hall–Kier alpha value is -4.38. The number of rotatable bonds is 6. The van der Waals surface area contributed by atoms with Crippen molar-refractivity contribution in [2.45, 2.75) is 0 Å². The Kier molecular flexibility index (Phi) is 5.49.